The fraction of sp³-hybridized carbons (Fsp3) is 0.357. The number of hydrogen-bond donors (Lipinski definition) is 1. The first-order chi connectivity index (χ1) is 17.7. The highest BCUT2D eigenvalue weighted by Gasteiger charge is 2.33. The first kappa shape index (κ1) is 26.6. The summed E-state index contributed by atoms with van der Waals surface area (Å²) in [7, 11) is 0. The molecule has 37 heavy (non-hydrogen) atoms. The molecule has 2 aromatic carbocycles. The van der Waals surface area contributed by atoms with Gasteiger partial charge in [0.1, 0.15) is 10.8 Å². The van der Waals surface area contributed by atoms with E-state index in [-0.39, 0.29) is 29.7 Å². The molecule has 0 unspecified atom stereocenters. The number of carbonyl (C=O) groups excluding carboxylic acids is 1. The summed E-state index contributed by atoms with van der Waals surface area (Å²) in [6.07, 6.45) is 0.610. The number of nitrogens with two attached hydrogens (primary N) is 1. The van der Waals surface area contributed by atoms with Crippen LogP contribution in [-0.4, -0.2) is 43.1 Å². The van der Waals surface area contributed by atoms with Gasteiger partial charge in [-0.2, -0.15) is 9.61 Å². The molecule has 0 aliphatic rings. The Kier molecular flexibility index (Phi) is 8.10. The van der Waals surface area contributed by atoms with Crippen molar-refractivity contribution in [2.45, 2.75) is 46.7 Å². The summed E-state index contributed by atoms with van der Waals surface area (Å²) in [6, 6.07) is 16.7. The zero-order chi connectivity index (χ0) is 26.7. The first-order valence-corrected chi connectivity index (χ1v) is 12.9. The third kappa shape index (κ3) is 5.45. The molecule has 0 fully saturated rings. The molecule has 9 heteroatoms. The number of fused-ring (bicyclic) bond motifs is 1. The van der Waals surface area contributed by atoms with E-state index in [0.717, 1.165) is 11.1 Å². The Balaban J connectivity index is 1.94. The van der Waals surface area contributed by atoms with Crippen LogP contribution in [0, 0.1) is 19.8 Å². The molecule has 0 radical (unpaired) electrons. The SMILES string of the molecule is Cc1ccc(C(=O)N(CCCN)[C@@H](c2nc3c(Cl)c(C)nn3c(=O)n2Cc2ccccc2)C(C)C)cc1. The zero-order valence-corrected chi connectivity index (χ0v) is 22.4. The molecule has 0 saturated carbocycles. The van der Waals surface area contributed by atoms with Crippen molar-refractivity contribution in [3.8, 4) is 0 Å². The van der Waals surface area contributed by atoms with Gasteiger partial charge in [-0.25, -0.2) is 9.78 Å². The number of halogens is 1. The summed E-state index contributed by atoms with van der Waals surface area (Å²) in [6.45, 7) is 8.90. The maximum atomic E-state index is 13.9. The van der Waals surface area contributed by atoms with Gasteiger partial charge in [-0.05, 0) is 50.4 Å². The lowest BCUT2D eigenvalue weighted by molar-refractivity contribution is 0.0601. The molecule has 8 nitrogen and oxygen atoms in total. The molecule has 2 N–H and O–H groups in total. The molecule has 0 saturated heterocycles. The third-order valence-electron chi connectivity index (χ3n) is 6.45. The first-order valence-electron chi connectivity index (χ1n) is 12.5. The van der Waals surface area contributed by atoms with Crippen molar-refractivity contribution >= 4 is 23.2 Å². The lowest BCUT2D eigenvalue weighted by Gasteiger charge is -2.35. The smallest absolute Gasteiger partial charge is 0.330 e. The molecule has 4 aromatic rings. The van der Waals surface area contributed by atoms with Crippen LogP contribution in [0.1, 0.15) is 59.3 Å². The quantitative estimate of drug-likeness (QED) is 0.353. The van der Waals surface area contributed by atoms with Crippen molar-refractivity contribution < 1.29 is 4.79 Å². The van der Waals surface area contributed by atoms with Crippen LogP contribution >= 0.6 is 11.6 Å². The number of amides is 1. The molecule has 194 valence electrons. The minimum atomic E-state index is -0.506. The van der Waals surface area contributed by atoms with Crippen molar-refractivity contribution in [1.29, 1.82) is 0 Å². The summed E-state index contributed by atoms with van der Waals surface area (Å²) in [5.74, 6) is 0.269. The van der Waals surface area contributed by atoms with E-state index in [2.05, 4.69) is 5.10 Å². The Bertz CT molecular complexity index is 1440. The second kappa shape index (κ2) is 11.3. The average molecular weight is 521 g/mol. The van der Waals surface area contributed by atoms with Crippen LogP contribution < -0.4 is 11.4 Å². The number of nitrogens with zero attached hydrogens (tertiary/aromatic N) is 5. The van der Waals surface area contributed by atoms with Crippen molar-refractivity contribution in [3.63, 3.8) is 0 Å². The Morgan fingerprint density at radius 3 is 2.38 bits per heavy atom. The summed E-state index contributed by atoms with van der Waals surface area (Å²) < 4.78 is 2.85. The number of hydrogen-bond acceptors (Lipinski definition) is 5. The number of rotatable bonds is 9. The van der Waals surface area contributed by atoms with Crippen molar-refractivity contribution in [2.24, 2.45) is 11.7 Å². The summed E-state index contributed by atoms with van der Waals surface area (Å²) in [4.78, 5) is 34.4. The largest absolute Gasteiger partial charge is 0.352 e. The van der Waals surface area contributed by atoms with Gasteiger partial charge in [0.15, 0.2) is 5.65 Å². The van der Waals surface area contributed by atoms with Gasteiger partial charge in [-0.1, -0.05) is 73.5 Å². The van der Waals surface area contributed by atoms with Crippen molar-refractivity contribution in [2.75, 3.05) is 13.1 Å². The molecule has 2 aromatic heterocycles. The van der Waals surface area contributed by atoms with Crippen molar-refractivity contribution in [1.82, 2.24) is 24.1 Å². The van der Waals surface area contributed by atoms with E-state index < -0.39 is 6.04 Å². The van der Waals surface area contributed by atoms with E-state index in [9.17, 15) is 9.59 Å². The van der Waals surface area contributed by atoms with Gasteiger partial charge in [0.2, 0.25) is 0 Å². The minimum absolute atomic E-state index is 0.0636. The van der Waals surface area contributed by atoms with Gasteiger partial charge in [0.05, 0.1) is 18.3 Å². The minimum Gasteiger partial charge on any atom is -0.330 e. The lowest BCUT2D eigenvalue weighted by atomic mass is 9.99. The molecule has 4 rings (SSSR count). The van der Waals surface area contributed by atoms with E-state index in [1.807, 2.05) is 75.4 Å². The molecule has 0 aliphatic heterocycles. The lowest BCUT2D eigenvalue weighted by Crippen LogP contribution is -2.43. The Morgan fingerprint density at radius 2 is 1.76 bits per heavy atom. The molecule has 0 aliphatic carbocycles. The fourth-order valence-corrected chi connectivity index (χ4v) is 4.70. The number of benzene rings is 2. The number of aromatic nitrogens is 4. The van der Waals surface area contributed by atoms with Crippen LogP contribution in [0.3, 0.4) is 0 Å². The van der Waals surface area contributed by atoms with E-state index in [1.54, 1.807) is 16.4 Å². The molecule has 1 amide bonds. The van der Waals surface area contributed by atoms with E-state index in [0.29, 0.717) is 41.6 Å². The maximum absolute atomic E-state index is 13.9. The van der Waals surface area contributed by atoms with Crippen LogP contribution in [0.4, 0.5) is 0 Å². The van der Waals surface area contributed by atoms with Crippen LogP contribution in [0.5, 0.6) is 0 Å². The van der Waals surface area contributed by atoms with E-state index in [4.69, 9.17) is 22.3 Å². The van der Waals surface area contributed by atoms with Crippen LogP contribution in [0.2, 0.25) is 5.02 Å². The highest BCUT2D eigenvalue weighted by molar-refractivity contribution is 6.34. The molecular weight excluding hydrogens is 488 g/mol. The topological polar surface area (TPSA) is 98.5 Å². The Labute approximate surface area is 221 Å². The van der Waals surface area contributed by atoms with Gasteiger partial charge in [-0.15, -0.1) is 0 Å². The van der Waals surface area contributed by atoms with Gasteiger partial charge >= 0.3 is 5.69 Å². The summed E-state index contributed by atoms with van der Waals surface area (Å²) in [5.41, 5.74) is 8.89. The summed E-state index contributed by atoms with van der Waals surface area (Å²) in [5, 5.41) is 4.66. The normalized spacial score (nSPS) is 12.3. The molecule has 1 atom stereocenters. The van der Waals surface area contributed by atoms with Crippen molar-refractivity contribution in [3.05, 3.63) is 98.3 Å². The maximum Gasteiger partial charge on any atom is 0.352 e. The fourth-order valence-electron chi connectivity index (χ4n) is 4.54. The second-order valence-electron chi connectivity index (χ2n) is 9.65. The third-order valence-corrected chi connectivity index (χ3v) is 6.89. The van der Waals surface area contributed by atoms with E-state index in [1.165, 1.54) is 4.52 Å². The molecular formula is C28H33ClN6O2. The van der Waals surface area contributed by atoms with Gasteiger partial charge in [0.25, 0.3) is 5.91 Å². The highest BCUT2D eigenvalue weighted by atomic mass is 35.5. The zero-order valence-electron chi connectivity index (χ0n) is 21.7. The molecule has 0 spiro atoms. The monoisotopic (exact) mass is 520 g/mol. The highest BCUT2D eigenvalue weighted by Crippen LogP contribution is 2.31. The standard InChI is InChI=1S/C28H33ClN6O2/c1-18(2)24(33(16-8-15-30)27(36)22-13-11-19(3)12-14-22)26-31-25-23(29)20(4)32-35(25)28(37)34(26)17-21-9-6-5-7-10-21/h5-7,9-14,18,24H,8,15-17,30H2,1-4H3/t24-/m1/s1. The number of carbonyl (C=O) groups is 1. The van der Waals surface area contributed by atoms with Crippen LogP contribution in [-0.2, 0) is 6.54 Å². The van der Waals surface area contributed by atoms with Gasteiger partial charge in [0, 0.05) is 12.1 Å². The molecule has 0 bridgehead atoms. The average Bonchev–Trinajstić information content (AvgIpc) is 3.17. The molecule has 2 heterocycles. The second-order valence-corrected chi connectivity index (χ2v) is 10.0. The van der Waals surface area contributed by atoms with Gasteiger partial charge in [-0.3, -0.25) is 9.36 Å². The van der Waals surface area contributed by atoms with Gasteiger partial charge < -0.3 is 10.6 Å². The Hall–Kier alpha value is -3.49. The van der Waals surface area contributed by atoms with Crippen LogP contribution in [0.25, 0.3) is 5.65 Å². The predicted octanol–water partition coefficient (Wildman–Crippen LogP) is 4.40. The van der Waals surface area contributed by atoms with E-state index >= 15 is 0 Å². The summed E-state index contributed by atoms with van der Waals surface area (Å²) >= 11 is 6.53. The number of aryl methyl sites for hydroxylation is 2. The predicted molar refractivity (Wildman–Crippen MR) is 146 cm³/mol. The van der Waals surface area contributed by atoms with Crippen LogP contribution in [0.15, 0.2) is 59.4 Å². The Morgan fingerprint density at radius 1 is 1.08 bits per heavy atom.